The fraction of sp³-hybridized carbons (Fsp3) is 0.167. The first-order valence-electron chi connectivity index (χ1n) is 7.94. The highest BCUT2D eigenvalue weighted by Crippen LogP contribution is 2.28. The van der Waals surface area contributed by atoms with Gasteiger partial charge in [0.25, 0.3) is 0 Å². The molecule has 8 heteroatoms. The minimum Gasteiger partial charge on any atom is -0.352 e. The number of para-hydroxylation sites is 1. The summed E-state index contributed by atoms with van der Waals surface area (Å²) in [4.78, 5) is 15.2. The van der Waals surface area contributed by atoms with Crippen LogP contribution in [-0.4, -0.2) is 26.6 Å². The van der Waals surface area contributed by atoms with Crippen LogP contribution in [0.2, 0.25) is 0 Å². The Labute approximate surface area is 152 Å². The number of benzene rings is 1. The first-order valence-corrected chi connectivity index (χ1v) is 8.88. The van der Waals surface area contributed by atoms with Gasteiger partial charge in [-0.15, -0.1) is 0 Å². The number of hydrogen-bond donors (Lipinski definition) is 0. The molecule has 4 rings (SSSR count). The average molecular weight is 371 g/mol. The summed E-state index contributed by atoms with van der Waals surface area (Å²) in [6.07, 6.45) is 2.66. The number of imidazole rings is 1. The molecule has 0 radical (unpaired) electrons. The van der Waals surface area contributed by atoms with Gasteiger partial charge in [-0.1, -0.05) is 12.1 Å². The van der Waals surface area contributed by atoms with E-state index < -0.39 is 6.55 Å². The van der Waals surface area contributed by atoms with Crippen LogP contribution in [0.3, 0.4) is 0 Å². The third-order valence-electron chi connectivity index (χ3n) is 4.06. The standard InChI is InChI=1S/C18H15F2N5S/c1-24(10-15-21-7-8-25(15)18(19)20)17-13-4-2-3-5-14(13)22-16(23-17)12-6-9-26-11-12/h2-9,11,18H,10H2,1H3. The quantitative estimate of drug-likeness (QED) is 0.515. The minimum absolute atomic E-state index is 0.210. The molecule has 0 saturated carbocycles. The molecular weight excluding hydrogens is 356 g/mol. The zero-order valence-corrected chi connectivity index (χ0v) is 14.7. The Bertz CT molecular complexity index is 1030. The molecule has 3 heterocycles. The highest BCUT2D eigenvalue weighted by atomic mass is 32.1. The number of alkyl halides is 2. The van der Waals surface area contributed by atoms with Crippen LogP contribution in [0.15, 0.2) is 53.5 Å². The van der Waals surface area contributed by atoms with Gasteiger partial charge in [0.05, 0.1) is 12.1 Å². The van der Waals surface area contributed by atoms with Crippen LogP contribution in [0.1, 0.15) is 12.4 Å². The summed E-state index contributed by atoms with van der Waals surface area (Å²) in [5.74, 6) is 1.58. The number of anilines is 1. The van der Waals surface area contributed by atoms with Crippen molar-refractivity contribution in [2.45, 2.75) is 13.1 Å². The molecule has 4 aromatic rings. The van der Waals surface area contributed by atoms with Crippen LogP contribution in [0.4, 0.5) is 14.6 Å². The van der Waals surface area contributed by atoms with E-state index in [1.165, 1.54) is 12.4 Å². The monoisotopic (exact) mass is 371 g/mol. The first-order chi connectivity index (χ1) is 12.6. The highest BCUT2D eigenvalue weighted by molar-refractivity contribution is 7.08. The molecule has 132 valence electrons. The van der Waals surface area contributed by atoms with Crippen molar-refractivity contribution >= 4 is 28.1 Å². The number of aromatic nitrogens is 4. The number of nitrogens with zero attached hydrogens (tertiary/aromatic N) is 5. The van der Waals surface area contributed by atoms with E-state index in [0.717, 1.165) is 21.0 Å². The van der Waals surface area contributed by atoms with Crippen LogP contribution in [0.5, 0.6) is 0 Å². The van der Waals surface area contributed by atoms with Crippen LogP contribution in [-0.2, 0) is 6.54 Å². The summed E-state index contributed by atoms with van der Waals surface area (Å²) < 4.78 is 27.1. The van der Waals surface area contributed by atoms with Crippen molar-refractivity contribution in [2.24, 2.45) is 0 Å². The van der Waals surface area contributed by atoms with E-state index in [1.807, 2.05) is 53.0 Å². The van der Waals surface area contributed by atoms with Crippen LogP contribution < -0.4 is 4.90 Å². The zero-order chi connectivity index (χ0) is 18.1. The van der Waals surface area contributed by atoms with E-state index in [0.29, 0.717) is 11.6 Å². The Morgan fingerprint density at radius 3 is 2.81 bits per heavy atom. The molecule has 1 aromatic carbocycles. The molecule has 0 unspecified atom stereocenters. The summed E-state index contributed by atoms with van der Waals surface area (Å²) >= 11 is 1.57. The lowest BCUT2D eigenvalue weighted by Crippen LogP contribution is -2.21. The van der Waals surface area contributed by atoms with Gasteiger partial charge in [0.2, 0.25) is 0 Å². The average Bonchev–Trinajstić information content (AvgIpc) is 3.32. The molecule has 0 amide bonds. The molecule has 0 aliphatic rings. The number of rotatable bonds is 5. The minimum atomic E-state index is -2.62. The lowest BCUT2D eigenvalue weighted by Gasteiger charge is -2.20. The van der Waals surface area contributed by atoms with Gasteiger partial charge in [-0.05, 0) is 23.6 Å². The van der Waals surface area contributed by atoms with Gasteiger partial charge in [0.15, 0.2) is 5.82 Å². The maximum absolute atomic E-state index is 13.1. The van der Waals surface area contributed by atoms with E-state index in [1.54, 1.807) is 11.3 Å². The smallest absolute Gasteiger partial charge is 0.319 e. The van der Waals surface area contributed by atoms with Crippen molar-refractivity contribution in [3.05, 3.63) is 59.3 Å². The molecule has 0 aliphatic carbocycles. The largest absolute Gasteiger partial charge is 0.352 e. The normalized spacial score (nSPS) is 11.4. The van der Waals surface area contributed by atoms with Crippen LogP contribution in [0.25, 0.3) is 22.3 Å². The molecule has 0 aliphatic heterocycles. The zero-order valence-electron chi connectivity index (χ0n) is 13.9. The molecule has 3 aromatic heterocycles. The van der Waals surface area contributed by atoms with E-state index in [-0.39, 0.29) is 12.4 Å². The SMILES string of the molecule is CN(Cc1nccn1C(F)F)c1nc(-c2ccsc2)nc2ccccc12. The third-order valence-corrected chi connectivity index (χ3v) is 4.75. The van der Waals surface area contributed by atoms with Crippen LogP contribution in [0, 0.1) is 0 Å². The second-order valence-corrected chi connectivity index (χ2v) is 6.56. The molecule has 0 saturated heterocycles. The van der Waals surface area contributed by atoms with E-state index in [9.17, 15) is 8.78 Å². The van der Waals surface area contributed by atoms with Gasteiger partial charge in [-0.2, -0.15) is 20.1 Å². The molecule has 0 N–H and O–H groups in total. The lowest BCUT2D eigenvalue weighted by molar-refractivity contribution is 0.0670. The second kappa shape index (κ2) is 6.80. The highest BCUT2D eigenvalue weighted by Gasteiger charge is 2.17. The Balaban J connectivity index is 1.78. The predicted octanol–water partition coefficient (Wildman–Crippen LogP) is 4.59. The molecule has 0 fully saturated rings. The fourth-order valence-corrected chi connectivity index (χ4v) is 3.44. The summed E-state index contributed by atoms with van der Waals surface area (Å²) in [5.41, 5.74) is 1.74. The Kier molecular flexibility index (Phi) is 4.34. The summed E-state index contributed by atoms with van der Waals surface area (Å²) in [7, 11) is 1.82. The van der Waals surface area contributed by atoms with Crippen molar-refractivity contribution in [2.75, 3.05) is 11.9 Å². The number of fused-ring (bicyclic) bond motifs is 1. The molecule has 26 heavy (non-hydrogen) atoms. The van der Waals surface area contributed by atoms with Crippen molar-refractivity contribution in [3.63, 3.8) is 0 Å². The van der Waals surface area contributed by atoms with Gasteiger partial charge >= 0.3 is 6.55 Å². The molecule has 0 spiro atoms. The molecular formula is C18H15F2N5S. The second-order valence-electron chi connectivity index (χ2n) is 5.78. The molecule has 0 atom stereocenters. The number of thiophene rings is 1. The first kappa shape index (κ1) is 16.6. The van der Waals surface area contributed by atoms with Gasteiger partial charge in [0.1, 0.15) is 11.6 Å². The molecule has 5 nitrogen and oxygen atoms in total. The van der Waals surface area contributed by atoms with Gasteiger partial charge in [-0.3, -0.25) is 4.57 Å². The maximum atomic E-state index is 13.1. The van der Waals surface area contributed by atoms with Crippen molar-refractivity contribution in [3.8, 4) is 11.4 Å². The lowest BCUT2D eigenvalue weighted by atomic mass is 10.2. The van der Waals surface area contributed by atoms with E-state index >= 15 is 0 Å². The predicted molar refractivity (Wildman–Crippen MR) is 98.4 cm³/mol. The van der Waals surface area contributed by atoms with Gasteiger partial charge < -0.3 is 4.90 Å². The fourth-order valence-electron chi connectivity index (χ4n) is 2.80. The maximum Gasteiger partial charge on any atom is 0.319 e. The van der Waals surface area contributed by atoms with Crippen LogP contribution >= 0.6 is 11.3 Å². The summed E-state index contributed by atoms with van der Waals surface area (Å²) in [5, 5.41) is 4.82. The van der Waals surface area contributed by atoms with Gasteiger partial charge in [-0.25, -0.2) is 15.0 Å². The van der Waals surface area contributed by atoms with E-state index in [2.05, 4.69) is 9.97 Å². The van der Waals surface area contributed by atoms with Crippen molar-refractivity contribution in [1.29, 1.82) is 0 Å². The van der Waals surface area contributed by atoms with Crippen molar-refractivity contribution < 1.29 is 8.78 Å². The summed E-state index contributed by atoms with van der Waals surface area (Å²) in [6, 6.07) is 9.64. The summed E-state index contributed by atoms with van der Waals surface area (Å²) in [6.45, 7) is -2.41. The Hall–Kier alpha value is -2.87. The Morgan fingerprint density at radius 2 is 2.04 bits per heavy atom. The van der Waals surface area contributed by atoms with Gasteiger partial charge in [0, 0.05) is 35.8 Å². The Morgan fingerprint density at radius 1 is 1.19 bits per heavy atom. The van der Waals surface area contributed by atoms with Crippen molar-refractivity contribution in [1.82, 2.24) is 19.5 Å². The third kappa shape index (κ3) is 3.03. The number of halogens is 2. The molecule has 0 bridgehead atoms. The number of hydrogen-bond acceptors (Lipinski definition) is 5. The van der Waals surface area contributed by atoms with E-state index in [4.69, 9.17) is 4.98 Å². The topological polar surface area (TPSA) is 46.8 Å².